The van der Waals surface area contributed by atoms with Gasteiger partial charge in [-0.2, -0.15) is 0 Å². The van der Waals surface area contributed by atoms with Gasteiger partial charge in [0.15, 0.2) is 0 Å². The van der Waals surface area contributed by atoms with Crippen molar-refractivity contribution in [2.45, 2.75) is 45.3 Å². The van der Waals surface area contributed by atoms with Crippen molar-refractivity contribution < 1.29 is 14.7 Å². The number of carboxylic acid groups (broad SMARTS) is 1. The molecule has 7 heteroatoms. The molecule has 110 valence electrons. The molecular weight excluding hydrogens is 278 g/mol. The lowest BCUT2D eigenvalue weighted by Crippen LogP contribution is -2.50. The summed E-state index contributed by atoms with van der Waals surface area (Å²) in [6, 6.07) is -0.973. The van der Waals surface area contributed by atoms with E-state index in [1.54, 1.807) is 24.3 Å². The van der Waals surface area contributed by atoms with E-state index in [1.165, 1.54) is 11.3 Å². The van der Waals surface area contributed by atoms with Crippen LogP contribution in [0.3, 0.4) is 0 Å². The van der Waals surface area contributed by atoms with Crippen LogP contribution in [0.1, 0.15) is 32.4 Å². The average molecular weight is 297 g/mol. The Labute approximate surface area is 121 Å². The molecule has 1 aliphatic carbocycles. The van der Waals surface area contributed by atoms with Gasteiger partial charge in [0.05, 0.1) is 17.7 Å². The lowest BCUT2D eigenvalue weighted by Gasteiger charge is -2.25. The standard InChI is InChI=1S/C13H19N3O3S/c1-8(2)11(12(17)18)15-13(19)16(10-3-4-10)5-9-6-20-7-14-9/h6-8,10-11H,3-5H2,1-2H3,(H,15,19)(H,17,18)/t11-/m0/s1. The summed E-state index contributed by atoms with van der Waals surface area (Å²) in [5.74, 6) is -1.16. The van der Waals surface area contributed by atoms with Crippen molar-refractivity contribution in [2.24, 2.45) is 5.92 Å². The minimum absolute atomic E-state index is 0.156. The maximum atomic E-state index is 12.3. The fourth-order valence-corrected chi connectivity index (χ4v) is 2.52. The quantitative estimate of drug-likeness (QED) is 0.840. The Morgan fingerprint density at radius 1 is 1.55 bits per heavy atom. The normalized spacial score (nSPS) is 15.9. The summed E-state index contributed by atoms with van der Waals surface area (Å²) < 4.78 is 0. The highest BCUT2D eigenvalue weighted by Gasteiger charge is 2.35. The average Bonchev–Trinajstić information content (AvgIpc) is 3.09. The van der Waals surface area contributed by atoms with Gasteiger partial charge in [-0.1, -0.05) is 13.8 Å². The highest BCUT2D eigenvalue weighted by Crippen LogP contribution is 2.28. The largest absolute Gasteiger partial charge is 0.480 e. The van der Waals surface area contributed by atoms with Gasteiger partial charge in [-0.3, -0.25) is 0 Å². The molecule has 1 heterocycles. The summed E-state index contributed by atoms with van der Waals surface area (Å²) in [5, 5.41) is 13.7. The molecule has 1 aliphatic rings. The third-order valence-electron chi connectivity index (χ3n) is 3.28. The van der Waals surface area contributed by atoms with E-state index in [0.717, 1.165) is 18.5 Å². The van der Waals surface area contributed by atoms with Gasteiger partial charge in [0, 0.05) is 11.4 Å². The van der Waals surface area contributed by atoms with Crippen LogP contribution in [0.2, 0.25) is 0 Å². The summed E-state index contributed by atoms with van der Waals surface area (Å²) in [4.78, 5) is 29.3. The van der Waals surface area contributed by atoms with E-state index >= 15 is 0 Å². The second-order valence-electron chi connectivity index (χ2n) is 5.35. The van der Waals surface area contributed by atoms with E-state index in [0.29, 0.717) is 6.54 Å². The van der Waals surface area contributed by atoms with Gasteiger partial charge in [-0.05, 0) is 18.8 Å². The number of carbonyl (C=O) groups is 2. The zero-order valence-electron chi connectivity index (χ0n) is 11.6. The summed E-state index contributed by atoms with van der Waals surface area (Å²) in [5.41, 5.74) is 2.57. The van der Waals surface area contributed by atoms with Gasteiger partial charge >= 0.3 is 12.0 Å². The van der Waals surface area contributed by atoms with Gasteiger partial charge in [0.25, 0.3) is 0 Å². The molecule has 0 aromatic carbocycles. The minimum atomic E-state index is -1.00. The van der Waals surface area contributed by atoms with Gasteiger partial charge in [-0.25, -0.2) is 14.6 Å². The molecule has 1 atom stereocenters. The second-order valence-corrected chi connectivity index (χ2v) is 6.07. The summed E-state index contributed by atoms with van der Waals surface area (Å²) in [7, 11) is 0. The third kappa shape index (κ3) is 3.69. The van der Waals surface area contributed by atoms with Gasteiger partial charge in [-0.15, -0.1) is 11.3 Å². The first-order chi connectivity index (χ1) is 9.49. The van der Waals surface area contributed by atoms with Crippen molar-refractivity contribution >= 4 is 23.3 Å². The molecule has 1 fully saturated rings. The van der Waals surface area contributed by atoms with Crippen molar-refractivity contribution in [3.63, 3.8) is 0 Å². The van der Waals surface area contributed by atoms with Crippen LogP contribution in [0.4, 0.5) is 4.79 Å². The van der Waals surface area contributed by atoms with Crippen LogP contribution < -0.4 is 5.32 Å². The SMILES string of the molecule is CC(C)[C@H](NC(=O)N(Cc1cscn1)C1CC1)C(=O)O. The number of nitrogens with zero attached hydrogens (tertiary/aromatic N) is 2. The van der Waals surface area contributed by atoms with E-state index in [2.05, 4.69) is 10.3 Å². The predicted molar refractivity (Wildman–Crippen MR) is 75.5 cm³/mol. The van der Waals surface area contributed by atoms with Crippen LogP contribution in [0.25, 0.3) is 0 Å². The van der Waals surface area contributed by atoms with Crippen molar-refractivity contribution in [3.8, 4) is 0 Å². The zero-order valence-corrected chi connectivity index (χ0v) is 12.4. The third-order valence-corrected chi connectivity index (χ3v) is 3.91. The van der Waals surface area contributed by atoms with E-state index < -0.39 is 12.0 Å². The number of aromatic nitrogens is 1. The Kier molecular flexibility index (Phi) is 4.59. The number of rotatable bonds is 6. The van der Waals surface area contributed by atoms with Crippen LogP contribution in [0.15, 0.2) is 10.9 Å². The van der Waals surface area contributed by atoms with Crippen molar-refractivity contribution in [3.05, 3.63) is 16.6 Å². The van der Waals surface area contributed by atoms with Crippen molar-refractivity contribution in [1.29, 1.82) is 0 Å². The van der Waals surface area contributed by atoms with E-state index in [4.69, 9.17) is 5.11 Å². The monoisotopic (exact) mass is 297 g/mol. The lowest BCUT2D eigenvalue weighted by atomic mass is 10.1. The highest BCUT2D eigenvalue weighted by molar-refractivity contribution is 7.07. The first kappa shape index (κ1) is 14.8. The molecule has 0 spiro atoms. The molecule has 20 heavy (non-hydrogen) atoms. The number of hydrogen-bond donors (Lipinski definition) is 2. The summed E-state index contributed by atoms with van der Waals surface area (Å²) in [6.07, 6.45) is 1.94. The number of thiazole rings is 1. The topological polar surface area (TPSA) is 82.5 Å². The van der Waals surface area contributed by atoms with Crippen LogP contribution in [0.5, 0.6) is 0 Å². The molecule has 1 aromatic heterocycles. The van der Waals surface area contributed by atoms with Crippen molar-refractivity contribution in [2.75, 3.05) is 0 Å². The van der Waals surface area contributed by atoms with Crippen LogP contribution in [0, 0.1) is 5.92 Å². The highest BCUT2D eigenvalue weighted by atomic mass is 32.1. The first-order valence-electron chi connectivity index (χ1n) is 6.66. The Bertz CT molecular complexity index is 471. The van der Waals surface area contributed by atoms with Gasteiger partial charge < -0.3 is 15.3 Å². The van der Waals surface area contributed by atoms with E-state index in [1.807, 2.05) is 5.38 Å². The number of nitrogens with one attached hydrogen (secondary N) is 1. The molecule has 6 nitrogen and oxygen atoms in total. The fraction of sp³-hybridized carbons (Fsp3) is 0.615. The molecule has 0 unspecified atom stereocenters. The number of amides is 2. The summed E-state index contributed by atoms with van der Waals surface area (Å²) >= 11 is 1.49. The number of carbonyl (C=O) groups excluding carboxylic acids is 1. The second kappa shape index (κ2) is 6.21. The first-order valence-corrected chi connectivity index (χ1v) is 7.60. The van der Waals surface area contributed by atoms with Gasteiger partial charge in [0.2, 0.25) is 0 Å². The maximum Gasteiger partial charge on any atom is 0.326 e. The zero-order chi connectivity index (χ0) is 14.7. The molecule has 2 rings (SSSR count). The predicted octanol–water partition coefficient (Wildman–Crippen LogP) is 1.93. The lowest BCUT2D eigenvalue weighted by molar-refractivity contribution is -0.140. The Hall–Kier alpha value is -1.63. The van der Waals surface area contributed by atoms with Gasteiger partial charge in [0.1, 0.15) is 6.04 Å². The summed E-state index contributed by atoms with van der Waals surface area (Å²) in [6.45, 7) is 3.99. The van der Waals surface area contributed by atoms with E-state index in [-0.39, 0.29) is 18.0 Å². The van der Waals surface area contributed by atoms with Crippen LogP contribution >= 0.6 is 11.3 Å². The number of urea groups is 1. The Morgan fingerprint density at radius 2 is 2.25 bits per heavy atom. The van der Waals surface area contributed by atoms with E-state index in [9.17, 15) is 9.59 Å². The number of carboxylic acids is 1. The fourth-order valence-electron chi connectivity index (χ4n) is 1.97. The Balaban J connectivity index is 2.01. The number of aliphatic carboxylic acids is 1. The minimum Gasteiger partial charge on any atom is -0.480 e. The molecule has 1 saturated carbocycles. The smallest absolute Gasteiger partial charge is 0.326 e. The van der Waals surface area contributed by atoms with Crippen LogP contribution in [-0.2, 0) is 11.3 Å². The van der Waals surface area contributed by atoms with Crippen LogP contribution in [-0.4, -0.2) is 39.1 Å². The Morgan fingerprint density at radius 3 is 2.70 bits per heavy atom. The molecule has 1 aromatic rings. The maximum absolute atomic E-state index is 12.3. The molecule has 2 amide bonds. The molecule has 0 saturated heterocycles. The van der Waals surface area contributed by atoms with Crippen molar-refractivity contribution in [1.82, 2.24) is 15.2 Å². The molecule has 0 bridgehead atoms. The molecular formula is C13H19N3O3S. The molecule has 0 aliphatic heterocycles. The molecule has 0 radical (unpaired) electrons. The number of hydrogen-bond acceptors (Lipinski definition) is 4. The molecule has 2 N–H and O–H groups in total.